The Labute approximate surface area is 203 Å². The maximum absolute atomic E-state index is 13.0. The molecular weight excluding hydrogens is 472 g/mol. The van der Waals surface area contributed by atoms with E-state index >= 15 is 0 Å². The number of amides is 1. The molecule has 36 heavy (non-hydrogen) atoms. The molecule has 0 radical (unpaired) electrons. The largest absolute Gasteiger partial charge is 0.394 e. The first-order valence-corrected chi connectivity index (χ1v) is 11.1. The number of aryl methyl sites for hydroxylation is 1. The van der Waals surface area contributed by atoms with Crippen LogP contribution in [0.2, 0.25) is 0 Å². The minimum Gasteiger partial charge on any atom is -0.394 e. The van der Waals surface area contributed by atoms with Crippen LogP contribution in [0.25, 0.3) is 11.5 Å². The monoisotopic (exact) mass is 493 g/mol. The van der Waals surface area contributed by atoms with Gasteiger partial charge in [-0.15, -0.1) is 0 Å². The van der Waals surface area contributed by atoms with E-state index in [0.29, 0.717) is 18.5 Å². The first-order chi connectivity index (χ1) is 17.5. The van der Waals surface area contributed by atoms with Crippen LogP contribution in [0.3, 0.4) is 0 Å². The highest BCUT2D eigenvalue weighted by Crippen LogP contribution is 2.31. The summed E-state index contributed by atoms with van der Waals surface area (Å²) in [6.45, 7) is -0.265. The van der Waals surface area contributed by atoms with E-state index < -0.39 is 18.3 Å². The Morgan fingerprint density at radius 1 is 1.11 bits per heavy atom. The van der Waals surface area contributed by atoms with Crippen molar-refractivity contribution in [2.24, 2.45) is 0 Å². The molecule has 10 nitrogen and oxygen atoms in total. The standard InChI is InChI=1S/C24H21F2N7O3/c25-20(26)22-31-23(36-33-22)16-11-27-24(28-15-7-8-17-14(10-15)6-9-19(35)29-17)32-21(16)30-18(12-34)13-4-2-1-3-5-13/h1-5,7-8,10-11,18,20,34H,6,9,12H2,(H,29,35)(H2,27,28,30,32)/t18-/m1/s1. The molecule has 2 aromatic heterocycles. The zero-order valence-electron chi connectivity index (χ0n) is 18.8. The van der Waals surface area contributed by atoms with Gasteiger partial charge >= 0.3 is 6.43 Å². The van der Waals surface area contributed by atoms with Crippen molar-refractivity contribution in [1.29, 1.82) is 0 Å². The Morgan fingerprint density at radius 2 is 1.94 bits per heavy atom. The van der Waals surface area contributed by atoms with E-state index in [1.165, 1.54) is 6.20 Å². The van der Waals surface area contributed by atoms with Crippen molar-refractivity contribution in [3.8, 4) is 11.5 Å². The predicted octanol–water partition coefficient (Wildman–Crippen LogP) is 4.24. The number of alkyl halides is 2. The summed E-state index contributed by atoms with van der Waals surface area (Å²) in [6, 6.07) is 14.1. The average Bonchev–Trinajstić information content (AvgIpc) is 3.39. The molecule has 0 saturated carbocycles. The van der Waals surface area contributed by atoms with Gasteiger partial charge < -0.3 is 25.6 Å². The molecular formula is C24H21F2N7O3. The smallest absolute Gasteiger partial charge is 0.300 e. The minimum absolute atomic E-state index is 0.0225. The fraction of sp³-hybridized carbons (Fsp3) is 0.208. The fourth-order valence-corrected chi connectivity index (χ4v) is 3.82. The molecule has 1 atom stereocenters. The summed E-state index contributed by atoms with van der Waals surface area (Å²) < 4.78 is 31.1. The number of aliphatic hydroxyl groups excluding tert-OH is 1. The van der Waals surface area contributed by atoms with Crippen LogP contribution in [0.4, 0.5) is 31.9 Å². The van der Waals surface area contributed by atoms with Crippen LogP contribution in [0.5, 0.6) is 0 Å². The number of aliphatic hydroxyl groups is 1. The van der Waals surface area contributed by atoms with Crippen molar-refractivity contribution in [3.05, 3.63) is 71.7 Å². The molecule has 1 aliphatic heterocycles. The zero-order valence-corrected chi connectivity index (χ0v) is 18.8. The van der Waals surface area contributed by atoms with Gasteiger partial charge in [0.05, 0.1) is 12.6 Å². The average molecular weight is 493 g/mol. The maximum atomic E-state index is 13.0. The molecule has 0 spiro atoms. The van der Waals surface area contributed by atoms with E-state index in [4.69, 9.17) is 4.52 Å². The molecule has 0 bridgehead atoms. The second-order valence-electron chi connectivity index (χ2n) is 8.05. The van der Waals surface area contributed by atoms with Gasteiger partial charge in [0.15, 0.2) is 0 Å². The van der Waals surface area contributed by atoms with Crippen molar-refractivity contribution < 1.29 is 23.2 Å². The van der Waals surface area contributed by atoms with Gasteiger partial charge in [0, 0.05) is 24.0 Å². The number of carbonyl (C=O) groups excluding carboxylic acids is 1. The number of aromatic nitrogens is 4. The summed E-state index contributed by atoms with van der Waals surface area (Å²) in [6.07, 6.45) is -0.507. The summed E-state index contributed by atoms with van der Waals surface area (Å²) in [5.41, 5.74) is 3.42. The molecule has 1 aliphatic rings. The minimum atomic E-state index is -2.90. The second-order valence-corrected chi connectivity index (χ2v) is 8.05. The molecule has 0 unspecified atom stereocenters. The molecule has 5 rings (SSSR count). The third-order valence-electron chi connectivity index (χ3n) is 5.61. The molecule has 3 heterocycles. The second kappa shape index (κ2) is 10.0. The lowest BCUT2D eigenvalue weighted by Crippen LogP contribution is -2.19. The van der Waals surface area contributed by atoms with E-state index in [2.05, 4.69) is 36.1 Å². The van der Waals surface area contributed by atoms with Crippen molar-refractivity contribution in [3.63, 3.8) is 0 Å². The Bertz CT molecular complexity index is 1380. The number of carbonyl (C=O) groups is 1. The number of halogens is 2. The molecule has 4 aromatic rings. The van der Waals surface area contributed by atoms with Gasteiger partial charge in [-0.3, -0.25) is 4.79 Å². The van der Waals surface area contributed by atoms with Crippen molar-refractivity contribution in [1.82, 2.24) is 20.1 Å². The van der Waals surface area contributed by atoms with Crippen LogP contribution >= 0.6 is 0 Å². The third-order valence-corrected chi connectivity index (χ3v) is 5.61. The molecule has 2 aromatic carbocycles. The summed E-state index contributed by atoms with van der Waals surface area (Å²) in [5, 5.41) is 22.4. The van der Waals surface area contributed by atoms with Crippen LogP contribution in [-0.4, -0.2) is 37.7 Å². The van der Waals surface area contributed by atoms with E-state index in [0.717, 1.165) is 16.8 Å². The molecule has 1 amide bonds. The quantitative estimate of drug-likeness (QED) is 0.284. The van der Waals surface area contributed by atoms with Crippen molar-refractivity contribution in [2.75, 3.05) is 22.6 Å². The molecule has 0 aliphatic carbocycles. The highest BCUT2D eigenvalue weighted by atomic mass is 19.3. The summed E-state index contributed by atoms with van der Waals surface area (Å²) >= 11 is 0. The summed E-state index contributed by atoms with van der Waals surface area (Å²) in [7, 11) is 0. The molecule has 184 valence electrons. The number of nitrogens with zero attached hydrogens (tertiary/aromatic N) is 4. The highest BCUT2D eigenvalue weighted by molar-refractivity contribution is 5.94. The van der Waals surface area contributed by atoms with Gasteiger partial charge in [-0.2, -0.15) is 9.97 Å². The first kappa shape index (κ1) is 23.3. The molecule has 12 heteroatoms. The molecule has 0 saturated heterocycles. The van der Waals surface area contributed by atoms with Gasteiger partial charge in [0.25, 0.3) is 5.89 Å². The van der Waals surface area contributed by atoms with E-state index in [9.17, 15) is 18.7 Å². The van der Waals surface area contributed by atoms with Crippen molar-refractivity contribution in [2.45, 2.75) is 25.3 Å². The number of anilines is 4. The number of hydrogen-bond acceptors (Lipinski definition) is 9. The Kier molecular flexibility index (Phi) is 6.50. The van der Waals surface area contributed by atoms with Gasteiger partial charge in [-0.1, -0.05) is 35.5 Å². The summed E-state index contributed by atoms with van der Waals surface area (Å²) in [4.78, 5) is 24.2. The van der Waals surface area contributed by atoms with Crippen LogP contribution in [0.1, 0.15) is 35.8 Å². The van der Waals surface area contributed by atoms with Crippen LogP contribution in [0, 0.1) is 0 Å². The molecule has 0 fully saturated rings. The highest BCUT2D eigenvalue weighted by Gasteiger charge is 2.23. The first-order valence-electron chi connectivity index (χ1n) is 11.1. The topological polar surface area (TPSA) is 138 Å². The predicted molar refractivity (Wildman–Crippen MR) is 127 cm³/mol. The number of benzene rings is 2. The van der Waals surface area contributed by atoms with Gasteiger partial charge in [0.1, 0.15) is 11.4 Å². The Morgan fingerprint density at radius 3 is 2.69 bits per heavy atom. The lowest BCUT2D eigenvalue weighted by Gasteiger charge is -2.20. The van der Waals surface area contributed by atoms with Gasteiger partial charge in [0.2, 0.25) is 17.7 Å². The van der Waals surface area contributed by atoms with Gasteiger partial charge in [-0.05, 0) is 35.7 Å². The lowest BCUT2D eigenvalue weighted by atomic mass is 10.0. The van der Waals surface area contributed by atoms with Crippen molar-refractivity contribution >= 4 is 29.0 Å². The van der Waals surface area contributed by atoms with E-state index in [-0.39, 0.29) is 35.7 Å². The number of fused-ring (bicyclic) bond motifs is 1. The fourth-order valence-electron chi connectivity index (χ4n) is 3.82. The number of hydrogen-bond donors (Lipinski definition) is 4. The SMILES string of the molecule is O=C1CCc2cc(Nc3ncc(-c4nc(C(F)F)no4)c(N[C@H](CO)c4ccccc4)n3)ccc2N1. The molecule has 4 N–H and O–H groups in total. The zero-order chi connectivity index (χ0) is 25.1. The maximum Gasteiger partial charge on any atom is 0.300 e. The van der Waals surface area contributed by atoms with Gasteiger partial charge in [-0.25, -0.2) is 13.8 Å². The number of rotatable bonds is 8. The Hall–Kier alpha value is -4.45. The van der Waals surface area contributed by atoms with Crippen LogP contribution < -0.4 is 16.0 Å². The third kappa shape index (κ3) is 4.98. The lowest BCUT2D eigenvalue weighted by molar-refractivity contribution is -0.116. The van der Waals surface area contributed by atoms with E-state index in [1.54, 1.807) is 12.1 Å². The summed E-state index contributed by atoms with van der Waals surface area (Å²) in [5.74, 6) is -0.551. The van der Waals surface area contributed by atoms with Crippen LogP contribution in [-0.2, 0) is 11.2 Å². The normalized spacial score (nSPS) is 13.7. The van der Waals surface area contributed by atoms with Crippen LogP contribution in [0.15, 0.2) is 59.3 Å². The number of nitrogens with one attached hydrogen (secondary N) is 3. The Balaban J connectivity index is 1.48. The van der Waals surface area contributed by atoms with E-state index in [1.807, 2.05) is 36.4 Å².